The van der Waals surface area contributed by atoms with Crippen LogP contribution in [0.2, 0.25) is 0 Å². The molecule has 4 N–H and O–H groups in total. The predicted molar refractivity (Wildman–Crippen MR) is 64.6 cm³/mol. The minimum Gasteiger partial charge on any atom is -0.516 e. The van der Waals surface area contributed by atoms with Gasteiger partial charge in [0, 0.05) is 19.5 Å². The molecule has 0 unspecified atom stereocenters. The van der Waals surface area contributed by atoms with Gasteiger partial charge in [0.15, 0.2) is 5.79 Å². The first-order chi connectivity index (χ1) is 7.60. The number of hydrogen-bond donors (Lipinski definition) is 4. The standard InChI is InChI=1S/C12H23NO4/c1-10(2,15)12(17-11(3,4)16)5-9(7-14)6-13-8-12/h7,13-16H,5-6,8H2,1-4H3/b9-7-/t12-/m0/s1. The monoisotopic (exact) mass is 245 g/mol. The quantitative estimate of drug-likeness (QED) is 0.434. The molecule has 5 heteroatoms. The van der Waals surface area contributed by atoms with Gasteiger partial charge in [0.2, 0.25) is 0 Å². The number of hydrogen-bond acceptors (Lipinski definition) is 5. The highest BCUT2D eigenvalue weighted by molar-refractivity contribution is 5.15. The Morgan fingerprint density at radius 2 is 1.88 bits per heavy atom. The van der Waals surface area contributed by atoms with E-state index in [9.17, 15) is 10.2 Å². The van der Waals surface area contributed by atoms with Crippen LogP contribution in [-0.4, -0.2) is 45.4 Å². The van der Waals surface area contributed by atoms with Crippen molar-refractivity contribution in [2.24, 2.45) is 0 Å². The van der Waals surface area contributed by atoms with Crippen molar-refractivity contribution in [3.05, 3.63) is 11.8 Å². The Bertz CT molecular complexity index is 301. The molecule has 0 spiro atoms. The van der Waals surface area contributed by atoms with Crippen molar-refractivity contribution >= 4 is 0 Å². The minimum absolute atomic E-state index is 0.379. The third-order valence-corrected chi connectivity index (χ3v) is 3.02. The van der Waals surface area contributed by atoms with E-state index in [0.29, 0.717) is 19.5 Å². The molecule has 1 saturated heterocycles. The van der Waals surface area contributed by atoms with E-state index < -0.39 is 17.0 Å². The van der Waals surface area contributed by atoms with Crippen LogP contribution in [0.3, 0.4) is 0 Å². The third kappa shape index (κ3) is 3.42. The molecule has 1 heterocycles. The van der Waals surface area contributed by atoms with Gasteiger partial charge in [-0.3, -0.25) is 0 Å². The number of rotatable bonds is 3. The Morgan fingerprint density at radius 1 is 1.29 bits per heavy atom. The van der Waals surface area contributed by atoms with E-state index in [4.69, 9.17) is 9.84 Å². The first kappa shape index (κ1) is 14.4. The van der Waals surface area contributed by atoms with Crippen molar-refractivity contribution in [2.45, 2.75) is 51.1 Å². The molecule has 1 rings (SSSR count). The van der Waals surface area contributed by atoms with E-state index in [1.54, 1.807) is 13.8 Å². The second-order valence-corrected chi connectivity index (χ2v) is 5.67. The molecular formula is C12H23NO4. The number of ether oxygens (including phenoxy) is 1. The van der Waals surface area contributed by atoms with Crippen LogP contribution in [-0.2, 0) is 4.74 Å². The molecular weight excluding hydrogens is 222 g/mol. The fraction of sp³-hybridized carbons (Fsp3) is 0.833. The number of nitrogens with one attached hydrogen (secondary N) is 1. The normalized spacial score (nSPS) is 29.6. The first-order valence-electron chi connectivity index (χ1n) is 5.77. The highest BCUT2D eigenvalue weighted by Crippen LogP contribution is 2.37. The van der Waals surface area contributed by atoms with E-state index in [2.05, 4.69) is 5.32 Å². The SMILES string of the molecule is CC(C)(O)O[C@]1(C(C)(C)O)CNC/C(=C\O)C1. The topological polar surface area (TPSA) is 82.0 Å². The summed E-state index contributed by atoms with van der Waals surface area (Å²) >= 11 is 0. The molecule has 1 atom stereocenters. The maximum Gasteiger partial charge on any atom is 0.160 e. The van der Waals surface area contributed by atoms with Crippen molar-refractivity contribution in [3.63, 3.8) is 0 Å². The average Bonchev–Trinajstić information content (AvgIpc) is 2.13. The van der Waals surface area contributed by atoms with Crippen LogP contribution in [0, 0.1) is 0 Å². The lowest BCUT2D eigenvalue weighted by atomic mass is 9.78. The molecule has 0 aliphatic carbocycles. The van der Waals surface area contributed by atoms with E-state index in [-0.39, 0.29) is 0 Å². The molecule has 1 aliphatic rings. The van der Waals surface area contributed by atoms with Crippen LogP contribution >= 0.6 is 0 Å². The van der Waals surface area contributed by atoms with Crippen LogP contribution in [0.25, 0.3) is 0 Å². The maximum atomic E-state index is 10.3. The van der Waals surface area contributed by atoms with Gasteiger partial charge in [0.05, 0.1) is 11.9 Å². The van der Waals surface area contributed by atoms with Crippen molar-refractivity contribution in [2.75, 3.05) is 13.1 Å². The van der Waals surface area contributed by atoms with Crippen molar-refractivity contribution in [1.82, 2.24) is 5.32 Å². The maximum absolute atomic E-state index is 10.3. The highest BCUT2D eigenvalue weighted by Gasteiger charge is 2.49. The average molecular weight is 245 g/mol. The Morgan fingerprint density at radius 3 is 2.29 bits per heavy atom. The molecule has 0 aromatic heterocycles. The van der Waals surface area contributed by atoms with Gasteiger partial charge in [0.25, 0.3) is 0 Å². The van der Waals surface area contributed by atoms with E-state index in [1.165, 1.54) is 13.8 Å². The number of aliphatic hydroxyl groups is 3. The smallest absolute Gasteiger partial charge is 0.160 e. The Kier molecular flexibility index (Phi) is 3.88. The molecule has 1 aliphatic heterocycles. The summed E-state index contributed by atoms with van der Waals surface area (Å²) in [6.07, 6.45) is 1.41. The zero-order valence-electron chi connectivity index (χ0n) is 10.9. The van der Waals surface area contributed by atoms with E-state index in [0.717, 1.165) is 11.8 Å². The number of piperidine rings is 1. The largest absolute Gasteiger partial charge is 0.516 e. The van der Waals surface area contributed by atoms with Gasteiger partial charge < -0.3 is 25.4 Å². The molecule has 0 aromatic rings. The molecule has 1 fully saturated rings. The molecule has 0 aromatic carbocycles. The lowest BCUT2D eigenvalue weighted by Gasteiger charge is -2.48. The Labute approximate surface area is 102 Å². The van der Waals surface area contributed by atoms with Gasteiger partial charge in [0.1, 0.15) is 5.60 Å². The highest BCUT2D eigenvalue weighted by atomic mass is 16.6. The molecule has 100 valence electrons. The second-order valence-electron chi connectivity index (χ2n) is 5.67. The van der Waals surface area contributed by atoms with Crippen LogP contribution in [0.15, 0.2) is 11.8 Å². The Hall–Kier alpha value is -0.620. The van der Waals surface area contributed by atoms with Gasteiger partial charge in [-0.15, -0.1) is 0 Å². The molecule has 17 heavy (non-hydrogen) atoms. The van der Waals surface area contributed by atoms with Gasteiger partial charge in [-0.25, -0.2) is 0 Å². The van der Waals surface area contributed by atoms with E-state index >= 15 is 0 Å². The van der Waals surface area contributed by atoms with E-state index in [1.807, 2.05) is 0 Å². The molecule has 0 amide bonds. The van der Waals surface area contributed by atoms with Crippen LogP contribution in [0.4, 0.5) is 0 Å². The van der Waals surface area contributed by atoms with Gasteiger partial charge in [-0.05, 0) is 33.3 Å². The Balaban J connectivity index is 3.03. The van der Waals surface area contributed by atoms with Crippen molar-refractivity contribution in [1.29, 1.82) is 0 Å². The summed E-state index contributed by atoms with van der Waals surface area (Å²) in [6.45, 7) is 7.30. The zero-order valence-corrected chi connectivity index (χ0v) is 10.9. The second kappa shape index (κ2) is 4.57. The predicted octanol–water partition coefficient (Wildman–Crippen LogP) is 0.676. The fourth-order valence-electron chi connectivity index (χ4n) is 2.12. The minimum atomic E-state index is -1.35. The van der Waals surface area contributed by atoms with Gasteiger partial charge in [-0.2, -0.15) is 0 Å². The summed E-state index contributed by atoms with van der Waals surface area (Å²) in [5, 5.41) is 32.3. The fourth-order valence-corrected chi connectivity index (χ4v) is 2.12. The molecule has 0 saturated carbocycles. The summed E-state index contributed by atoms with van der Waals surface area (Å²) in [4.78, 5) is 0. The van der Waals surface area contributed by atoms with Crippen molar-refractivity contribution in [3.8, 4) is 0 Å². The van der Waals surface area contributed by atoms with Crippen LogP contribution < -0.4 is 5.32 Å². The molecule has 5 nitrogen and oxygen atoms in total. The summed E-state index contributed by atoms with van der Waals surface area (Å²) in [5.41, 5.74) is -1.37. The van der Waals surface area contributed by atoms with Crippen LogP contribution in [0.1, 0.15) is 34.1 Å². The summed E-state index contributed by atoms with van der Waals surface area (Å²) in [5.74, 6) is -1.35. The lowest BCUT2D eigenvalue weighted by molar-refractivity contribution is -0.289. The summed E-state index contributed by atoms with van der Waals surface area (Å²) in [6, 6.07) is 0. The summed E-state index contributed by atoms with van der Waals surface area (Å²) < 4.78 is 5.65. The zero-order chi connectivity index (χ0) is 13.3. The first-order valence-corrected chi connectivity index (χ1v) is 5.77. The third-order valence-electron chi connectivity index (χ3n) is 3.02. The molecule has 0 bridgehead atoms. The summed E-state index contributed by atoms with van der Waals surface area (Å²) in [7, 11) is 0. The van der Waals surface area contributed by atoms with Gasteiger partial charge >= 0.3 is 0 Å². The lowest BCUT2D eigenvalue weighted by Crippen LogP contribution is -2.63. The molecule has 0 radical (unpaired) electrons. The number of aliphatic hydroxyl groups excluding tert-OH is 1. The van der Waals surface area contributed by atoms with Crippen LogP contribution in [0.5, 0.6) is 0 Å². The van der Waals surface area contributed by atoms with Gasteiger partial charge in [-0.1, -0.05) is 0 Å². The van der Waals surface area contributed by atoms with Crippen molar-refractivity contribution < 1.29 is 20.1 Å².